The van der Waals surface area contributed by atoms with Gasteiger partial charge in [0.25, 0.3) is 0 Å². The molecule has 0 aliphatic rings. The lowest BCUT2D eigenvalue weighted by Crippen LogP contribution is -2.30. The Kier molecular flexibility index (Phi) is 32.7. The van der Waals surface area contributed by atoms with Crippen molar-refractivity contribution in [2.24, 2.45) is 5.73 Å². The highest BCUT2D eigenvalue weighted by Crippen LogP contribution is 1.98. The van der Waals surface area contributed by atoms with E-state index in [2.05, 4.69) is 16.6 Å². The Morgan fingerprint density at radius 3 is 1.38 bits per heavy atom. The van der Waals surface area contributed by atoms with Crippen LogP contribution in [0, 0.1) is 12.3 Å². The van der Waals surface area contributed by atoms with Crippen LogP contribution >= 0.6 is 0 Å². The van der Waals surface area contributed by atoms with Crippen molar-refractivity contribution in [1.29, 1.82) is 0 Å². The summed E-state index contributed by atoms with van der Waals surface area (Å²) in [6.45, 7) is 7.97. The van der Waals surface area contributed by atoms with Crippen molar-refractivity contribution in [3.8, 4) is 12.3 Å². The molecule has 0 spiro atoms. The van der Waals surface area contributed by atoms with Gasteiger partial charge >= 0.3 is 5.97 Å². The number of carboxylic acids is 1. The fraction of sp³-hybridized carbons (Fsp3) is 0.833. The fourth-order valence-electron chi connectivity index (χ4n) is 3.27. The third kappa shape index (κ3) is 34.3. The molecule has 1 atom stereocenters. The molecule has 0 radical (unpaired) electrons. The monoisotopic (exact) mass is 649 g/mol. The maximum Gasteiger partial charge on any atom is 0.320 e. The molecular formula is C30H55N3O12. The van der Waals surface area contributed by atoms with Gasteiger partial charge in [0.1, 0.15) is 6.04 Å². The highest BCUT2D eigenvalue weighted by Gasteiger charge is 2.10. The first-order valence-corrected chi connectivity index (χ1v) is 15.5. The number of carbonyl (C=O) groups is 3. The van der Waals surface area contributed by atoms with E-state index in [4.69, 9.17) is 55.2 Å². The van der Waals surface area contributed by atoms with Gasteiger partial charge in [-0.25, -0.2) is 0 Å². The average Bonchev–Trinajstić information content (AvgIpc) is 3.02. The second-order valence-electron chi connectivity index (χ2n) is 9.49. The van der Waals surface area contributed by atoms with Gasteiger partial charge in [0.2, 0.25) is 11.8 Å². The summed E-state index contributed by atoms with van der Waals surface area (Å²) in [5.74, 6) is 1.23. The fourth-order valence-corrected chi connectivity index (χ4v) is 3.27. The van der Waals surface area contributed by atoms with Crippen LogP contribution in [-0.4, -0.2) is 148 Å². The highest BCUT2D eigenvalue weighted by molar-refractivity contribution is 5.76. The Hall–Kier alpha value is -2.39. The van der Waals surface area contributed by atoms with Crippen molar-refractivity contribution in [2.75, 3.05) is 119 Å². The van der Waals surface area contributed by atoms with Gasteiger partial charge in [-0.05, 0) is 19.3 Å². The van der Waals surface area contributed by atoms with E-state index in [1.165, 1.54) is 0 Å². The largest absolute Gasteiger partial charge is 0.480 e. The number of rotatable bonds is 35. The number of carbonyl (C=O) groups excluding carboxylic acids is 2. The normalized spacial score (nSPS) is 11.6. The molecule has 15 nitrogen and oxygen atoms in total. The summed E-state index contributed by atoms with van der Waals surface area (Å²) in [5.41, 5.74) is 5.42. The summed E-state index contributed by atoms with van der Waals surface area (Å²) in [6.07, 6.45) is 7.85. The third-order valence-electron chi connectivity index (χ3n) is 5.72. The summed E-state index contributed by atoms with van der Waals surface area (Å²) in [4.78, 5) is 33.7. The van der Waals surface area contributed by atoms with Gasteiger partial charge in [0, 0.05) is 32.4 Å². The third-order valence-corrected chi connectivity index (χ3v) is 5.72. The molecule has 0 aliphatic carbocycles. The van der Waals surface area contributed by atoms with E-state index in [0.29, 0.717) is 151 Å². The number of aliphatic carboxylic acids is 1. The van der Waals surface area contributed by atoms with Crippen LogP contribution in [0.25, 0.3) is 0 Å². The maximum atomic E-state index is 11.7. The minimum absolute atomic E-state index is 0.0717. The van der Waals surface area contributed by atoms with Gasteiger partial charge in [0.15, 0.2) is 0 Å². The first-order chi connectivity index (χ1) is 22.0. The number of amides is 2. The van der Waals surface area contributed by atoms with E-state index >= 15 is 0 Å². The van der Waals surface area contributed by atoms with Crippen LogP contribution in [-0.2, 0) is 52.3 Å². The van der Waals surface area contributed by atoms with Gasteiger partial charge in [-0.1, -0.05) is 0 Å². The van der Waals surface area contributed by atoms with Crippen LogP contribution in [0.15, 0.2) is 0 Å². The molecule has 0 rings (SSSR count). The minimum Gasteiger partial charge on any atom is -0.480 e. The zero-order valence-corrected chi connectivity index (χ0v) is 26.6. The molecule has 0 unspecified atom stereocenters. The zero-order chi connectivity index (χ0) is 33.1. The first kappa shape index (κ1) is 42.6. The molecule has 0 fully saturated rings. The Morgan fingerprint density at radius 1 is 0.578 bits per heavy atom. The SMILES string of the molecule is C#CCCC(=O)NCCOCCOCCOCCOCCOCCOCCOCCOCCC(=O)NCCCC[C@H](N)C(=O)O. The predicted octanol–water partition coefficient (Wildman–Crippen LogP) is -0.263. The first-order valence-electron chi connectivity index (χ1n) is 15.5. The van der Waals surface area contributed by atoms with Crippen molar-refractivity contribution in [2.45, 2.75) is 44.6 Å². The Bertz CT molecular complexity index is 754. The maximum absolute atomic E-state index is 11.7. The van der Waals surface area contributed by atoms with Gasteiger partial charge in [0.05, 0.1) is 106 Å². The number of nitrogens with one attached hydrogen (secondary N) is 2. The van der Waals surface area contributed by atoms with E-state index in [1.807, 2.05) is 0 Å². The molecule has 0 bridgehead atoms. The van der Waals surface area contributed by atoms with Gasteiger partial charge in [-0.2, -0.15) is 0 Å². The van der Waals surface area contributed by atoms with E-state index in [0.717, 1.165) is 0 Å². The molecule has 5 N–H and O–H groups in total. The number of ether oxygens (including phenoxy) is 8. The van der Waals surface area contributed by atoms with E-state index in [-0.39, 0.29) is 18.2 Å². The Labute approximate surface area is 267 Å². The van der Waals surface area contributed by atoms with Crippen LogP contribution < -0.4 is 16.4 Å². The van der Waals surface area contributed by atoms with E-state index in [9.17, 15) is 14.4 Å². The van der Waals surface area contributed by atoms with Crippen LogP contribution in [0.1, 0.15) is 38.5 Å². The number of carboxylic acid groups (broad SMARTS) is 1. The lowest BCUT2D eigenvalue weighted by Gasteiger charge is -2.09. The molecule has 0 heterocycles. The lowest BCUT2D eigenvalue weighted by atomic mass is 10.1. The van der Waals surface area contributed by atoms with Crippen molar-refractivity contribution in [3.05, 3.63) is 0 Å². The quantitative estimate of drug-likeness (QED) is 0.0518. The summed E-state index contributed by atoms with van der Waals surface area (Å²) in [7, 11) is 0. The van der Waals surface area contributed by atoms with Crippen molar-refractivity contribution in [3.63, 3.8) is 0 Å². The molecule has 2 amide bonds. The molecule has 0 saturated heterocycles. The molecule has 0 aromatic heterocycles. The van der Waals surface area contributed by atoms with Gasteiger partial charge < -0.3 is 59.4 Å². The topological polar surface area (TPSA) is 195 Å². The number of nitrogens with two attached hydrogens (primary N) is 1. The number of unbranched alkanes of at least 4 members (excludes halogenated alkanes) is 1. The highest BCUT2D eigenvalue weighted by atomic mass is 16.6. The Morgan fingerprint density at radius 2 is 0.956 bits per heavy atom. The number of hydrogen-bond donors (Lipinski definition) is 4. The van der Waals surface area contributed by atoms with Crippen LogP contribution in [0.4, 0.5) is 0 Å². The molecule has 0 aromatic carbocycles. The second kappa shape index (κ2) is 34.5. The van der Waals surface area contributed by atoms with Crippen LogP contribution in [0.3, 0.4) is 0 Å². The average molecular weight is 650 g/mol. The minimum atomic E-state index is -1.01. The summed E-state index contributed by atoms with van der Waals surface area (Å²) >= 11 is 0. The second-order valence-corrected chi connectivity index (χ2v) is 9.49. The molecule has 262 valence electrons. The number of hydrogen-bond acceptors (Lipinski definition) is 12. The summed E-state index contributed by atoms with van der Waals surface area (Å²) in [5, 5.41) is 14.2. The molecule has 0 aromatic rings. The van der Waals surface area contributed by atoms with Crippen molar-refractivity contribution >= 4 is 17.8 Å². The zero-order valence-electron chi connectivity index (χ0n) is 26.6. The smallest absolute Gasteiger partial charge is 0.320 e. The van der Waals surface area contributed by atoms with Crippen molar-refractivity contribution < 1.29 is 57.4 Å². The van der Waals surface area contributed by atoms with Crippen LogP contribution in [0.5, 0.6) is 0 Å². The molecule has 15 heteroatoms. The van der Waals surface area contributed by atoms with E-state index in [1.54, 1.807) is 0 Å². The van der Waals surface area contributed by atoms with Crippen LogP contribution in [0.2, 0.25) is 0 Å². The van der Waals surface area contributed by atoms with Gasteiger partial charge in [-0.3, -0.25) is 14.4 Å². The Balaban J connectivity index is 3.17. The van der Waals surface area contributed by atoms with Gasteiger partial charge in [-0.15, -0.1) is 12.3 Å². The number of terminal acetylenes is 1. The molecular weight excluding hydrogens is 594 g/mol. The summed E-state index contributed by atoms with van der Waals surface area (Å²) < 4.78 is 43.3. The lowest BCUT2D eigenvalue weighted by molar-refractivity contribution is -0.138. The molecule has 45 heavy (non-hydrogen) atoms. The summed E-state index contributed by atoms with van der Waals surface area (Å²) in [6, 6.07) is -0.853. The predicted molar refractivity (Wildman–Crippen MR) is 165 cm³/mol. The van der Waals surface area contributed by atoms with E-state index < -0.39 is 12.0 Å². The molecule has 0 saturated carbocycles. The van der Waals surface area contributed by atoms with Crippen molar-refractivity contribution in [1.82, 2.24) is 10.6 Å². The standard InChI is InChI=1S/C30H55N3O12/c1-2-3-7-28(34)33-10-12-39-14-16-41-18-20-43-22-24-45-26-25-44-23-21-42-19-17-40-15-13-38-11-8-29(35)32-9-5-4-6-27(31)30(36)37/h1,27H,3-26,31H2,(H,32,35)(H,33,34)(H,36,37)/t27-/m0/s1. The molecule has 0 aliphatic heterocycles.